The second kappa shape index (κ2) is 6.53. The highest BCUT2D eigenvalue weighted by atomic mass is 14.9. The molecule has 3 aromatic rings. The summed E-state index contributed by atoms with van der Waals surface area (Å²) < 4.78 is 0. The number of rotatable bonds is 3. The van der Waals surface area contributed by atoms with Crippen LogP contribution in [0.25, 0.3) is 16.7 Å². The fourth-order valence-electron chi connectivity index (χ4n) is 4.61. The summed E-state index contributed by atoms with van der Waals surface area (Å²) in [5, 5.41) is 3.62. The summed E-state index contributed by atoms with van der Waals surface area (Å²) in [5.74, 6) is 0. The molecule has 0 spiro atoms. The molecule has 0 radical (unpaired) electrons. The van der Waals surface area contributed by atoms with Crippen molar-refractivity contribution in [2.24, 2.45) is 0 Å². The van der Waals surface area contributed by atoms with Crippen LogP contribution in [0.5, 0.6) is 0 Å². The average molecular weight is 364 g/mol. The molecule has 138 valence electrons. The van der Waals surface area contributed by atoms with Crippen molar-refractivity contribution in [1.82, 2.24) is 0 Å². The summed E-state index contributed by atoms with van der Waals surface area (Å²) in [7, 11) is 0. The van der Waals surface area contributed by atoms with Crippen LogP contribution >= 0.6 is 0 Å². The van der Waals surface area contributed by atoms with E-state index in [1.165, 1.54) is 33.4 Å². The third-order valence-electron chi connectivity index (χ3n) is 6.07. The van der Waals surface area contributed by atoms with Crippen LogP contribution in [-0.2, 0) is 5.41 Å². The lowest BCUT2D eigenvalue weighted by atomic mass is 9.80. The van der Waals surface area contributed by atoms with Crippen LogP contribution in [0, 0.1) is 0 Å². The minimum Gasteiger partial charge on any atom is -0.356 e. The third kappa shape index (κ3) is 2.79. The number of benzene rings is 3. The number of nitrogens with one attached hydrogen (secondary N) is 1. The molecular formula is C27H25N. The number of hydrogen-bond acceptors (Lipinski definition) is 1. The van der Waals surface area contributed by atoms with E-state index in [1.807, 2.05) is 0 Å². The van der Waals surface area contributed by atoms with Gasteiger partial charge in [-0.3, -0.25) is 0 Å². The van der Waals surface area contributed by atoms with E-state index in [9.17, 15) is 0 Å². The van der Waals surface area contributed by atoms with Crippen LogP contribution in [0.1, 0.15) is 37.8 Å². The van der Waals surface area contributed by atoms with Crippen molar-refractivity contribution in [3.8, 4) is 11.1 Å². The molecule has 0 saturated carbocycles. The third-order valence-corrected chi connectivity index (χ3v) is 6.07. The Hall–Kier alpha value is -3.06. The van der Waals surface area contributed by atoms with Gasteiger partial charge in [0.25, 0.3) is 0 Å². The van der Waals surface area contributed by atoms with Crippen LogP contribution in [0.2, 0.25) is 0 Å². The minimum atomic E-state index is 0.0746. The number of fused-ring (bicyclic) bond motifs is 3. The highest BCUT2D eigenvalue weighted by Gasteiger charge is 2.38. The van der Waals surface area contributed by atoms with Crippen molar-refractivity contribution >= 4 is 16.9 Å². The molecule has 0 fully saturated rings. The van der Waals surface area contributed by atoms with E-state index < -0.39 is 0 Å². The maximum absolute atomic E-state index is 3.62. The molecule has 1 heteroatoms. The average Bonchev–Trinajstić information content (AvgIpc) is 2.96. The van der Waals surface area contributed by atoms with Gasteiger partial charge in [0, 0.05) is 16.8 Å². The molecule has 5 rings (SSSR count). The van der Waals surface area contributed by atoms with Gasteiger partial charge in [-0.1, -0.05) is 74.5 Å². The predicted octanol–water partition coefficient (Wildman–Crippen LogP) is 7.49. The summed E-state index contributed by atoms with van der Waals surface area (Å²) >= 11 is 0. The molecule has 0 heterocycles. The summed E-state index contributed by atoms with van der Waals surface area (Å²) in [4.78, 5) is 0. The summed E-state index contributed by atoms with van der Waals surface area (Å²) in [5.41, 5.74) is 10.6. The van der Waals surface area contributed by atoms with Gasteiger partial charge in [0.1, 0.15) is 0 Å². The van der Waals surface area contributed by atoms with E-state index in [2.05, 4.69) is 104 Å². The molecule has 3 aromatic carbocycles. The fourth-order valence-corrected chi connectivity index (χ4v) is 4.61. The number of anilines is 2. The molecule has 1 nitrogen and oxygen atoms in total. The van der Waals surface area contributed by atoms with Crippen molar-refractivity contribution in [3.63, 3.8) is 0 Å². The highest BCUT2D eigenvalue weighted by molar-refractivity contribution is 5.91. The Morgan fingerprint density at radius 3 is 2.32 bits per heavy atom. The molecule has 0 unspecified atom stereocenters. The van der Waals surface area contributed by atoms with Crippen LogP contribution < -0.4 is 5.32 Å². The smallest absolute Gasteiger partial charge is 0.0390 e. The van der Waals surface area contributed by atoms with Crippen molar-refractivity contribution in [2.45, 2.75) is 32.1 Å². The molecular weight excluding hydrogens is 338 g/mol. The van der Waals surface area contributed by atoms with Crippen LogP contribution in [0.15, 0.2) is 90.5 Å². The summed E-state index contributed by atoms with van der Waals surface area (Å²) in [6.07, 6.45) is 7.17. The second-order valence-electron chi connectivity index (χ2n) is 8.27. The first-order valence-electron chi connectivity index (χ1n) is 10.1. The Morgan fingerprint density at radius 2 is 1.46 bits per heavy atom. The Balaban J connectivity index is 1.49. The van der Waals surface area contributed by atoms with Crippen LogP contribution in [0.3, 0.4) is 0 Å². The number of allylic oxidation sites excluding steroid dienone is 4. The molecule has 0 amide bonds. The molecule has 1 N–H and O–H groups in total. The van der Waals surface area contributed by atoms with Crippen molar-refractivity contribution < 1.29 is 0 Å². The SMILES string of the molecule is CC1(C)C2=CCCC=C2c2ccc(Nc3cccc(-c4ccccc4)c3)cc21. The first-order valence-corrected chi connectivity index (χ1v) is 10.1. The van der Waals surface area contributed by atoms with E-state index in [4.69, 9.17) is 0 Å². The Bertz CT molecular complexity index is 1100. The summed E-state index contributed by atoms with van der Waals surface area (Å²) in [6, 6.07) is 26.0. The Kier molecular flexibility index (Phi) is 3.98. The minimum absolute atomic E-state index is 0.0746. The first kappa shape index (κ1) is 17.1. The first-order chi connectivity index (χ1) is 13.6. The fraction of sp³-hybridized carbons (Fsp3) is 0.185. The van der Waals surface area contributed by atoms with Gasteiger partial charge in [-0.25, -0.2) is 0 Å². The quantitative estimate of drug-likeness (QED) is 0.508. The van der Waals surface area contributed by atoms with Crippen LogP contribution in [0.4, 0.5) is 11.4 Å². The van der Waals surface area contributed by atoms with Crippen molar-refractivity contribution in [1.29, 1.82) is 0 Å². The lowest BCUT2D eigenvalue weighted by Crippen LogP contribution is -2.16. The standard InChI is InChI=1S/C27H25N/c1-27(2)25-14-7-6-13-23(25)24-16-15-22(18-26(24)27)28-21-12-8-11-20(17-21)19-9-4-3-5-10-19/h3-5,8-18,28H,6-7H2,1-2H3. The van der Waals surface area contributed by atoms with E-state index in [0.717, 1.165) is 24.2 Å². The lowest BCUT2D eigenvalue weighted by molar-refractivity contribution is 0.655. The molecule has 0 bridgehead atoms. The summed E-state index contributed by atoms with van der Waals surface area (Å²) in [6.45, 7) is 4.70. The zero-order valence-corrected chi connectivity index (χ0v) is 16.5. The van der Waals surface area contributed by atoms with Crippen LogP contribution in [-0.4, -0.2) is 0 Å². The van der Waals surface area contributed by atoms with Gasteiger partial charge in [0.2, 0.25) is 0 Å². The van der Waals surface area contributed by atoms with Gasteiger partial charge in [-0.15, -0.1) is 0 Å². The zero-order chi connectivity index (χ0) is 19.1. The van der Waals surface area contributed by atoms with Gasteiger partial charge < -0.3 is 5.32 Å². The number of hydrogen-bond donors (Lipinski definition) is 1. The maximum Gasteiger partial charge on any atom is 0.0390 e. The van der Waals surface area contributed by atoms with Gasteiger partial charge in [-0.2, -0.15) is 0 Å². The van der Waals surface area contributed by atoms with Gasteiger partial charge >= 0.3 is 0 Å². The lowest BCUT2D eigenvalue weighted by Gasteiger charge is -2.24. The molecule has 28 heavy (non-hydrogen) atoms. The van der Waals surface area contributed by atoms with Gasteiger partial charge in [-0.05, 0) is 70.5 Å². The second-order valence-corrected chi connectivity index (χ2v) is 8.27. The Labute approximate surface area is 167 Å². The molecule has 0 atom stereocenters. The largest absolute Gasteiger partial charge is 0.356 e. The van der Waals surface area contributed by atoms with Crippen molar-refractivity contribution in [3.05, 3.63) is 102 Å². The van der Waals surface area contributed by atoms with E-state index in [1.54, 1.807) is 0 Å². The van der Waals surface area contributed by atoms with E-state index in [0.29, 0.717) is 0 Å². The maximum atomic E-state index is 3.62. The van der Waals surface area contributed by atoms with Gasteiger partial charge in [0.15, 0.2) is 0 Å². The zero-order valence-electron chi connectivity index (χ0n) is 16.5. The highest BCUT2D eigenvalue weighted by Crippen LogP contribution is 2.51. The normalized spacial score (nSPS) is 16.6. The molecule has 0 aliphatic heterocycles. The predicted molar refractivity (Wildman–Crippen MR) is 120 cm³/mol. The Morgan fingerprint density at radius 1 is 0.714 bits per heavy atom. The van der Waals surface area contributed by atoms with Gasteiger partial charge in [0.05, 0.1) is 0 Å². The van der Waals surface area contributed by atoms with E-state index in [-0.39, 0.29) is 5.41 Å². The molecule has 2 aliphatic rings. The van der Waals surface area contributed by atoms with Crippen molar-refractivity contribution in [2.75, 3.05) is 5.32 Å². The topological polar surface area (TPSA) is 12.0 Å². The molecule has 2 aliphatic carbocycles. The van der Waals surface area contributed by atoms with E-state index >= 15 is 0 Å². The monoisotopic (exact) mass is 363 g/mol. The molecule has 0 saturated heterocycles. The molecule has 0 aromatic heterocycles.